The monoisotopic (exact) mass is 287 g/mol. The van der Waals surface area contributed by atoms with Crippen molar-refractivity contribution in [2.45, 2.75) is 0 Å². The lowest BCUT2D eigenvalue weighted by atomic mass is 10.2. The van der Waals surface area contributed by atoms with Gasteiger partial charge in [-0.1, -0.05) is 11.6 Å². The average Bonchev–Trinajstić information content (AvgIpc) is 2.35. The van der Waals surface area contributed by atoms with Crippen LogP contribution in [-0.2, 0) is 4.79 Å². The molecule has 1 N–H and O–H groups in total. The summed E-state index contributed by atoms with van der Waals surface area (Å²) in [7, 11) is 4.50. The number of carboxylic acids is 1. The van der Waals surface area contributed by atoms with Crippen LogP contribution in [0.1, 0.15) is 10.4 Å². The van der Waals surface area contributed by atoms with Crippen molar-refractivity contribution in [3.05, 3.63) is 22.7 Å². The standard InChI is InChI=1S/C12H14ClNO5/c1-14(2)10(15)6-19-11-8(12(16)17)4-7(13)5-9(11)18-3/h4-5H,6H2,1-3H3,(H,16,17). The minimum absolute atomic E-state index is 0.0189. The molecule has 0 spiro atoms. The third-order valence-corrected chi connectivity index (χ3v) is 2.53. The van der Waals surface area contributed by atoms with Crippen molar-refractivity contribution in [3.8, 4) is 11.5 Å². The van der Waals surface area contributed by atoms with Crippen LogP contribution in [0, 0.1) is 0 Å². The van der Waals surface area contributed by atoms with Gasteiger partial charge in [0.1, 0.15) is 5.56 Å². The Hall–Kier alpha value is -1.95. The molecule has 1 rings (SSSR count). The van der Waals surface area contributed by atoms with Crippen molar-refractivity contribution in [2.24, 2.45) is 0 Å². The van der Waals surface area contributed by atoms with Crippen LogP contribution in [0.4, 0.5) is 0 Å². The van der Waals surface area contributed by atoms with Crippen molar-refractivity contribution in [1.82, 2.24) is 4.90 Å². The van der Waals surface area contributed by atoms with Crippen LogP contribution in [-0.4, -0.2) is 49.7 Å². The molecule has 7 heteroatoms. The first-order valence-electron chi connectivity index (χ1n) is 5.30. The Labute approximate surface area is 115 Å². The number of aromatic carboxylic acids is 1. The third-order valence-electron chi connectivity index (χ3n) is 2.31. The van der Waals surface area contributed by atoms with Gasteiger partial charge in [0.15, 0.2) is 18.1 Å². The van der Waals surface area contributed by atoms with Gasteiger partial charge in [-0.3, -0.25) is 4.79 Å². The Bertz CT molecular complexity index is 501. The molecule has 0 aromatic heterocycles. The van der Waals surface area contributed by atoms with Crippen molar-refractivity contribution >= 4 is 23.5 Å². The van der Waals surface area contributed by atoms with Crippen LogP contribution in [0.2, 0.25) is 5.02 Å². The molecule has 0 aliphatic heterocycles. The van der Waals surface area contributed by atoms with Crippen LogP contribution < -0.4 is 9.47 Å². The van der Waals surface area contributed by atoms with Gasteiger partial charge >= 0.3 is 5.97 Å². The topological polar surface area (TPSA) is 76.1 Å². The van der Waals surface area contributed by atoms with E-state index in [4.69, 9.17) is 26.2 Å². The molecule has 0 saturated heterocycles. The van der Waals surface area contributed by atoms with Gasteiger partial charge in [0, 0.05) is 25.2 Å². The number of halogens is 1. The van der Waals surface area contributed by atoms with Gasteiger partial charge in [-0.25, -0.2) is 4.79 Å². The average molecular weight is 288 g/mol. The Morgan fingerprint density at radius 3 is 2.47 bits per heavy atom. The third kappa shape index (κ3) is 3.75. The second-order valence-electron chi connectivity index (χ2n) is 3.87. The highest BCUT2D eigenvalue weighted by molar-refractivity contribution is 6.31. The predicted octanol–water partition coefficient (Wildman–Crippen LogP) is 1.51. The van der Waals surface area contributed by atoms with E-state index in [-0.39, 0.29) is 34.6 Å². The molecule has 0 unspecified atom stereocenters. The lowest BCUT2D eigenvalue weighted by Crippen LogP contribution is -2.28. The first-order valence-corrected chi connectivity index (χ1v) is 5.68. The minimum atomic E-state index is -1.21. The summed E-state index contributed by atoms with van der Waals surface area (Å²) in [5.74, 6) is -1.37. The van der Waals surface area contributed by atoms with Gasteiger partial charge in [-0.15, -0.1) is 0 Å². The minimum Gasteiger partial charge on any atom is -0.493 e. The predicted molar refractivity (Wildman–Crippen MR) is 69.2 cm³/mol. The largest absolute Gasteiger partial charge is 0.493 e. The molecule has 0 fully saturated rings. The summed E-state index contributed by atoms with van der Waals surface area (Å²) >= 11 is 5.78. The molecular weight excluding hydrogens is 274 g/mol. The maximum atomic E-state index is 11.5. The van der Waals surface area contributed by atoms with E-state index in [2.05, 4.69) is 0 Å². The fourth-order valence-corrected chi connectivity index (χ4v) is 1.50. The normalized spacial score (nSPS) is 9.89. The van der Waals surface area contributed by atoms with E-state index in [0.29, 0.717) is 0 Å². The van der Waals surface area contributed by atoms with Crippen LogP contribution >= 0.6 is 11.6 Å². The zero-order valence-corrected chi connectivity index (χ0v) is 11.5. The molecule has 1 aromatic carbocycles. The number of methoxy groups -OCH3 is 1. The van der Waals surface area contributed by atoms with Crippen molar-refractivity contribution in [3.63, 3.8) is 0 Å². The number of carbonyl (C=O) groups excluding carboxylic acids is 1. The van der Waals surface area contributed by atoms with Crippen LogP contribution in [0.15, 0.2) is 12.1 Å². The second kappa shape index (κ2) is 6.29. The number of carboxylic acid groups (broad SMARTS) is 1. The van der Waals surface area contributed by atoms with Gasteiger partial charge in [0.25, 0.3) is 5.91 Å². The number of benzene rings is 1. The van der Waals surface area contributed by atoms with Gasteiger partial charge in [0.2, 0.25) is 0 Å². The van der Waals surface area contributed by atoms with E-state index in [1.54, 1.807) is 14.1 Å². The number of ether oxygens (including phenoxy) is 2. The molecule has 1 amide bonds. The SMILES string of the molecule is COc1cc(Cl)cc(C(=O)O)c1OCC(=O)N(C)C. The summed E-state index contributed by atoms with van der Waals surface area (Å²) in [6.07, 6.45) is 0. The summed E-state index contributed by atoms with van der Waals surface area (Å²) in [5, 5.41) is 9.30. The number of hydrogen-bond acceptors (Lipinski definition) is 4. The summed E-state index contributed by atoms with van der Waals surface area (Å²) in [6.45, 7) is -0.286. The highest BCUT2D eigenvalue weighted by atomic mass is 35.5. The van der Waals surface area contributed by atoms with Gasteiger partial charge in [-0.2, -0.15) is 0 Å². The van der Waals surface area contributed by atoms with Crippen LogP contribution in [0.25, 0.3) is 0 Å². The molecule has 0 saturated carbocycles. The molecule has 0 heterocycles. The number of likely N-dealkylation sites (N-methyl/N-ethyl adjacent to an activating group) is 1. The molecule has 0 bridgehead atoms. The van der Waals surface area contributed by atoms with E-state index in [9.17, 15) is 9.59 Å². The number of nitrogens with zero attached hydrogens (tertiary/aromatic N) is 1. The molecule has 0 radical (unpaired) electrons. The Morgan fingerprint density at radius 2 is 2.00 bits per heavy atom. The molecular formula is C12H14ClNO5. The first-order chi connectivity index (χ1) is 8.86. The van der Waals surface area contributed by atoms with E-state index in [1.807, 2.05) is 0 Å². The van der Waals surface area contributed by atoms with Crippen molar-refractivity contribution in [1.29, 1.82) is 0 Å². The fraction of sp³-hybridized carbons (Fsp3) is 0.333. The molecule has 19 heavy (non-hydrogen) atoms. The number of rotatable bonds is 5. The molecule has 0 aliphatic rings. The Kier molecular flexibility index (Phi) is 5.00. The van der Waals surface area contributed by atoms with Gasteiger partial charge in [-0.05, 0) is 6.07 Å². The molecule has 104 valence electrons. The first kappa shape index (κ1) is 15.1. The molecule has 0 aliphatic carbocycles. The van der Waals surface area contributed by atoms with Crippen molar-refractivity contribution < 1.29 is 24.2 Å². The Morgan fingerprint density at radius 1 is 1.37 bits per heavy atom. The lowest BCUT2D eigenvalue weighted by Gasteiger charge is -2.15. The molecule has 1 aromatic rings. The number of carbonyl (C=O) groups is 2. The van der Waals surface area contributed by atoms with E-state index in [0.717, 1.165) is 0 Å². The summed E-state index contributed by atoms with van der Waals surface area (Å²) in [4.78, 5) is 23.9. The maximum Gasteiger partial charge on any atom is 0.339 e. The lowest BCUT2D eigenvalue weighted by molar-refractivity contribution is -0.130. The number of amides is 1. The maximum absolute atomic E-state index is 11.5. The highest BCUT2D eigenvalue weighted by Gasteiger charge is 2.19. The van der Waals surface area contributed by atoms with Gasteiger partial charge < -0.3 is 19.5 Å². The van der Waals surface area contributed by atoms with Gasteiger partial charge in [0.05, 0.1) is 7.11 Å². The Balaban J connectivity index is 3.09. The zero-order valence-electron chi connectivity index (χ0n) is 10.8. The van der Waals surface area contributed by atoms with E-state index in [1.165, 1.54) is 24.1 Å². The van der Waals surface area contributed by atoms with Crippen LogP contribution in [0.3, 0.4) is 0 Å². The summed E-state index contributed by atoms with van der Waals surface area (Å²) in [5.41, 5.74) is -0.157. The van der Waals surface area contributed by atoms with E-state index < -0.39 is 5.97 Å². The van der Waals surface area contributed by atoms with Crippen LogP contribution in [0.5, 0.6) is 11.5 Å². The van der Waals surface area contributed by atoms with Crippen molar-refractivity contribution in [2.75, 3.05) is 27.8 Å². The number of hydrogen-bond donors (Lipinski definition) is 1. The quantitative estimate of drug-likeness (QED) is 0.888. The smallest absolute Gasteiger partial charge is 0.339 e. The summed E-state index contributed by atoms with van der Waals surface area (Å²) in [6, 6.07) is 2.66. The van der Waals surface area contributed by atoms with E-state index >= 15 is 0 Å². The second-order valence-corrected chi connectivity index (χ2v) is 4.30. The zero-order chi connectivity index (χ0) is 14.6. The molecule has 0 atom stereocenters. The molecule has 6 nitrogen and oxygen atoms in total. The fourth-order valence-electron chi connectivity index (χ4n) is 1.29. The summed E-state index contributed by atoms with van der Waals surface area (Å²) < 4.78 is 10.3. The highest BCUT2D eigenvalue weighted by Crippen LogP contribution is 2.34.